The highest BCUT2D eigenvalue weighted by molar-refractivity contribution is 9.10. The van der Waals surface area contributed by atoms with Crippen LogP contribution in [-0.4, -0.2) is 36.4 Å². The van der Waals surface area contributed by atoms with Crippen LogP contribution in [0.15, 0.2) is 81.2 Å². The van der Waals surface area contributed by atoms with Crippen molar-refractivity contribution < 1.29 is 14.7 Å². The fourth-order valence-electron chi connectivity index (χ4n) is 4.75. The highest BCUT2D eigenvalue weighted by Gasteiger charge is 2.48. The molecule has 0 bridgehead atoms. The SMILES string of the molecule is Cc1cccn2c(C)c(/C(O)=C3\C(=O)C(=O)N(c4nnc(SCc5ccc(Cl)cc5)s4)C3c3ccc(Br)cc3)nc12. The number of carbonyl (C=O) groups is 2. The summed E-state index contributed by atoms with van der Waals surface area (Å²) in [5.41, 5.74) is 4.12. The Kier molecular flexibility index (Phi) is 7.45. The largest absolute Gasteiger partial charge is 0.505 e. The highest BCUT2D eigenvalue weighted by atomic mass is 79.9. The van der Waals surface area contributed by atoms with E-state index in [1.54, 1.807) is 12.1 Å². The summed E-state index contributed by atoms with van der Waals surface area (Å²) in [7, 11) is 0. The maximum Gasteiger partial charge on any atom is 0.301 e. The zero-order valence-electron chi connectivity index (χ0n) is 21.7. The Morgan fingerprint density at radius 3 is 2.51 bits per heavy atom. The molecule has 0 saturated carbocycles. The van der Waals surface area contributed by atoms with Gasteiger partial charge in [0.15, 0.2) is 10.1 Å². The minimum Gasteiger partial charge on any atom is -0.505 e. The van der Waals surface area contributed by atoms with Gasteiger partial charge in [0.1, 0.15) is 11.3 Å². The second kappa shape index (κ2) is 11.1. The number of nitrogens with zero attached hydrogens (tertiary/aromatic N) is 5. The highest BCUT2D eigenvalue weighted by Crippen LogP contribution is 2.44. The molecule has 41 heavy (non-hydrogen) atoms. The Balaban J connectivity index is 1.43. The molecule has 206 valence electrons. The summed E-state index contributed by atoms with van der Waals surface area (Å²) in [6.07, 6.45) is 1.84. The second-order valence-corrected chi connectivity index (χ2v) is 12.9. The van der Waals surface area contributed by atoms with E-state index >= 15 is 0 Å². The molecule has 6 rings (SSSR count). The van der Waals surface area contributed by atoms with E-state index in [4.69, 9.17) is 11.6 Å². The van der Waals surface area contributed by atoms with Gasteiger partial charge in [-0.3, -0.25) is 14.5 Å². The Morgan fingerprint density at radius 1 is 1.07 bits per heavy atom. The van der Waals surface area contributed by atoms with Crippen molar-refractivity contribution in [3.63, 3.8) is 0 Å². The molecule has 1 unspecified atom stereocenters. The molecule has 0 radical (unpaired) electrons. The van der Waals surface area contributed by atoms with Gasteiger partial charge < -0.3 is 9.51 Å². The number of rotatable bonds is 6. The number of aliphatic hydroxyl groups excluding tert-OH is 1. The monoisotopic (exact) mass is 665 g/mol. The normalized spacial score (nSPS) is 16.7. The zero-order valence-corrected chi connectivity index (χ0v) is 25.7. The van der Waals surface area contributed by atoms with Crippen molar-refractivity contribution in [3.8, 4) is 0 Å². The number of hydrogen-bond donors (Lipinski definition) is 1. The minimum absolute atomic E-state index is 0.0490. The number of aromatic nitrogens is 4. The molecule has 8 nitrogen and oxygen atoms in total. The molecule has 1 N–H and O–H groups in total. The van der Waals surface area contributed by atoms with E-state index in [-0.39, 0.29) is 22.2 Å². The van der Waals surface area contributed by atoms with Gasteiger partial charge >= 0.3 is 5.91 Å². The van der Waals surface area contributed by atoms with Gasteiger partial charge in [0.25, 0.3) is 5.78 Å². The number of pyridine rings is 1. The topological polar surface area (TPSA) is 101 Å². The van der Waals surface area contributed by atoms with Crippen LogP contribution in [0.1, 0.15) is 34.1 Å². The van der Waals surface area contributed by atoms with Crippen LogP contribution in [0.5, 0.6) is 0 Å². The number of amides is 1. The van der Waals surface area contributed by atoms with Gasteiger partial charge in [-0.15, -0.1) is 10.2 Å². The predicted octanol–water partition coefficient (Wildman–Crippen LogP) is 7.14. The van der Waals surface area contributed by atoms with E-state index < -0.39 is 17.7 Å². The van der Waals surface area contributed by atoms with Gasteiger partial charge in [0.2, 0.25) is 5.13 Å². The van der Waals surface area contributed by atoms with E-state index in [1.165, 1.54) is 28.0 Å². The lowest BCUT2D eigenvalue weighted by Crippen LogP contribution is -2.29. The number of aryl methyl sites for hydroxylation is 2. The van der Waals surface area contributed by atoms with E-state index in [2.05, 4.69) is 31.1 Å². The van der Waals surface area contributed by atoms with Gasteiger partial charge in [-0.2, -0.15) is 0 Å². The average molecular weight is 667 g/mol. The molecule has 1 atom stereocenters. The molecule has 1 amide bonds. The third kappa shape index (κ3) is 5.07. The molecule has 0 aliphatic carbocycles. The quantitative estimate of drug-likeness (QED) is 0.0676. The number of Topliss-reactive ketones (excluding diaryl/α,β-unsaturated/α-hetero) is 1. The molecular formula is C29H21BrClN5O3S2. The smallest absolute Gasteiger partial charge is 0.301 e. The van der Waals surface area contributed by atoms with Crippen LogP contribution >= 0.6 is 50.6 Å². The number of thioether (sulfide) groups is 1. The summed E-state index contributed by atoms with van der Waals surface area (Å²) >= 11 is 12.1. The fraction of sp³-hybridized carbons (Fsp3) is 0.138. The van der Waals surface area contributed by atoms with Crippen molar-refractivity contribution in [1.82, 2.24) is 19.6 Å². The van der Waals surface area contributed by atoms with Crippen LogP contribution < -0.4 is 4.90 Å². The van der Waals surface area contributed by atoms with Crippen LogP contribution in [0.2, 0.25) is 5.02 Å². The molecule has 2 aromatic carbocycles. The molecule has 4 heterocycles. The number of benzene rings is 2. The van der Waals surface area contributed by atoms with E-state index in [0.717, 1.165) is 15.6 Å². The van der Waals surface area contributed by atoms with Crippen LogP contribution in [0, 0.1) is 13.8 Å². The van der Waals surface area contributed by atoms with Crippen molar-refractivity contribution in [1.29, 1.82) is 0 Å². The van der Waals surface area contributed by atoms with E-state index in [0.29, 0.717) is 32.0 Å². The van der Waals surface area contributed by atoms with E-state index in [9.17, 15) is 14.7 Å². The van der Waals surface area contributed by atoms with Crippen molar-refractivity contribution >= 4 is 78.9 Å². The van der Waals surface area contributed by atoms with Crippen molar-refractivity contribution in [3.05, 3.63) is 110 Å². The molecule has 1 saturated heterocycles. The summed E-state index contributed by atoms with van der Waals surface area (Å²) < 4.78 is 3.32. The third-order valence-electron chi connectivity index (χ3n) is 6.82. The summed E-state index contributed by atoms with van der Waals surface area (Å²) in [5.74, 6) is -1.30. The number of anilines is 1. The van der Waals surface area contributed by atoms with Gasteiger partial charge in [0, 0.05) is 21.4 Å². The van der Waals surface area contributed by atoms with Crippen LogP contribution in [0.3, 0.4) is 0 Å². The Hall–Kier alpha value is -3.51. The standard InChI is InChI=1S/C29H21BrClN5O3S2/c1-15-4-3-13-35-16(2)22(32-26(15)35)24(37)21-23(18-7-9-19(30)10-8-18)36(27(39)25(21)38)28-33-34-29(41-28)40-14-17-5-11-20(31)12-6-17/h3-13,23,37H,14H2,1-2H3/b24-21+. The molecule has 12 heteroatoms. The Bertz CT molecular complexity index is 1850. The van der Waals surface area contributed by atoms with Gasteiger partial charge in [-0.25, -0.2) is 4.98 Å². The summed E-state index contributed by atoms with van der Waals surface area (Å²) in [5, 5.41) is 21.1. The lowest BCUT2D eigenvalue weighted by molar-refractivity contribution is -0.132. The van der Waals surface area contributed by atoms with Gasteiger partial charge in [-0.1, -0.05) is 81.0 Å². The Morgan fingerprint density at radius 2 is 1.80 bits per heavy atom. The summed E-state index contributed by atoms with van der Waals surface area (Å²) in [6.45, 7) is 3.73. The minimum atomic E-state index is -0.921. The van der Waals surface area contributed by atoms with Crippen LogP contribution in [0.4, 0.5) is 5.13 Å². The first kappa shape index (κ1) is 27.6. The number of halogens is 2. The summed E-state index contributed by atoms with van der Waals surface area (Å²) in [4.78, 5) is 33.1. The van der Waals surface area contributed by atoms with Gasteiger partial charge in [0.05, 0.1) is 17.3 Å². The Labute approximate surface area is 256 Å². The number of imidazole rings is 1. The molecule has 0 spiro atoms. The number of fused-ring (bicyclic) bond motifs is 1. The molecular weight excluding hydrogens is 646 g/mol. The lowest BCUT2D eigenvalue weighted by Gasteiger charge is -2.22. The van der Waals surface area contributed by atoms with E-state index in [1.807, 2.05) is 73.0 Å². The van der Waals surface area contributed by atoms with Crippen molar-refractivity contribution in [2.75, 3.05) is 4.90 Å². The second-order valence-electron chi connectivity index (χ2n) is 9.42. The molecule has 1 fully saturated rings. The number of aliphatic hydroxyl groups is 1. The molecule has 3 aromatic heterocycles. The first-order valence-corrected chi connectivity index (χ1v) is 15.4. The fourth-order valence-corrected chi connectivity index (χ4v) is 6.96. The molecule has 5 aromatic rings. The first-order chi connectivity index (χ1) is 19.7. The van der Waals surface area contributed by atoms with Crippen molar-refractivity contribution in [2.45, 2.75) is 30.0 Å². The number of carbonyl (C=O) groups excluding carboxylic acids is 2. The molecule has 1 aliphatic rings. The lowest BCUT2D eigenvalue weighted by atomic mass is 9.96. The maximum absolute atomic E-state index is 13.6. The average Bonchev–Trinajstić information content (AvgIpc) is 3.64. The van der Waals surface area contributed by atoms with Crippen LogP contribution in [-0.2, 0) is 15.3 Å². The van der Waals surface area contributed by atoms with Gasteiger partial charge in [-0.05, 0) is 60.9 Å². The van der Waals surface area contributed by atoms with Crippen molar-refractivity contribution in [2.24, 2.45) is 0 Å². The third-order valence-corrected chi connectivity index (χ3v) is 9.72. The summed E-state index contributed by atoms with van der Waals surface area (Å²) in [6, 6.07) is 17.7. The number of hydrogen-bond acceptors (Lipinski definition) is 8. The zero-order chi connectivity index (χ0) is 28.8. The first-order valence-electron chi connectivity index (χ1n) is 12.4. The number of ketones is 1. The predicted molar refractivity (Wildman–Crippen MR) is 165 cm³/mol. The maximum atomic E-state index is 13.6. The van der Waals surface area contributed by atoms with Crippen LogP contribution in [0.25, 0.3) is 11.4 Å². The molecule has 1 aliphatic heterocycles.